The van der Waals surface area contributed by atoms with Gasteiger partial charge in [-0.05, 0) is 10.6 Å². The standard InChI is InChI=1S/C6H13NO5.C2H3N3O/c7-3-5(10)4(9)2(1-8)12-6(3)11;1-2(6)4-5-3/h2-6,8-11H,1,7H2;1H3/t2-,3-,4+,5-,6?;/m1./s1. The van der Waals surface area contributed by atoms with Gasteiger partial charge in [0.25, 0.3) is 0 Å². The Morgan fingerprint density at radius 1 is 1.44 bits per heavy atom. The Morgan fingerprint density at radius 3 is 2.33 bits per heavy atom. The van der Waals surface area contributed by atoms with Crippen molar-refractivity contribution >= 4 is 5.91 Å². The Balaban J connectivity index is 0.000000411. The van der Waals surface area contributed by atoms with E-state index in [-0.39, 0.29) is 0 Å². The number of carbonyl (C=O) groups is 1. The summed E-state index contributed by atoms with van der Waals surface area (Å²) >= 11 is 0. The molecule has 0 aromatic carbocycles. The van der Waals surface area contributed by atoms with Crippen molar-refractivity contribution < 1.29 is 30.0 Å². The molecule has 1 amide bonds. The highest BCUT2D eigenvalue weighted by Crippen LogP contribution is 2.17. The summed E-state index contributed by atoms with van der Waals surface area (Å²) in [5.74, 6) is -0.502. The van der Waals surface area contributed by atoms with Crippen molar-refractivity contribution in [1.82, 2.24) is 0 Å². The quantitative estimate of drug-likeness (QED) is 0.198. The molecular formula is C8H16N4O6. The van der Waals surface area contributed by atoms with Crippen LogP contribution < -0.4 is 5.73 Å². The SMILES string of the molecule is CC(=O)N=[N+]=[N-].N[C@H]1C(O)O[C@H](CO)[C@H](O)[C@@H]1O. The summed E-state index contributed by atoms with van der Waals surface area (Å²) in [7, 11) is 0. The average Bonchev–Trinajstić information content (AvgIpc) is 2.32. The number of nitrogens with two attached hydrogens (primary N) is 1. The molecule has 0 bridgehead atoms. The molecule has 1 unspecified atom stereocenters. The summed E-state index contributed by atoms with van der Waals surface area (Å²) in [6, 6.07) is -1.04. The van der Waals surface area contributed by atoms with Gasteiger partial charge in [-0.15, -0.1) is 0 Å². The van der Waals surface area contributed by atoms with Crippen LogP contribution in [-0.4, -0.2) is 63.6 Å². The molecule has 1 aliphatic heterocycles. The van der Waals surface area contributed by atoms with Crippen LogP contribution in [0.3, 0.4) is 0 Å². The third-order valence-electron chi connectivity index (χ3n) is 2.13. The summed E-state index contributed by atoms with van der Waals surface area (Å²) in [6.07, 6.45) is -4.85. The highest BCUT2D eigenvalue weighted by Gasteiger charge is 2.41. The largest absolute Gasteiger partial charge is 0.394 e. The van der Waals surface area contributed by atoms with Crippen molar-refractivity contribution in [2.75, 3.05) is 6.61 Å². The van der Waals surface area contributed by atoms with Crippen LogP contribution in [0.25, 0.3) is 10.4 Å². The minimum absolute atomic E-state index is 0.470. The number of aliphatic hydroxyl groups is 4. The second-order valence-corrected chi connectivity index (χ2v) is 3.51. The van der Waals surface area contributed by atoms with Gasteiger partial charge in [0.05, 0.1) is 12.6 Å². The minimum Gasteiger partial charge on any atom is -0.394 e. The molecule has 1 heterocycles. The molecule has 10 nitrogen and oxygen atoms in total. The summed E-state index contributed by atoms with van der Waals surface area (Å²) in [4.78, 5) is 11.8. The highest BCUT2D eigenvalue weighted by molar-refractivity contribution is 5.73. The first-order valence-electron chi connectivity index (χ1n) is 4.96. The van der Waals surface area contributed by atoms with Crippen molar-refractivity contribution in [3.05, 3.63) is 10.4 Å². The predicted molar refractivity (Wildman–Crippen MR) is 57.8 cm³/mol. The number of azide groups is 1. The molecule has 0 aromatic heterocycles. The Hall–Kier alpha value is -1.26. The van der Waals surface area contributed by atoms with Crippen LogP contribution in [0.4, 0.5) is 0 Å². The number of amides is 1. The first-order chi connectivity index (χ1) is 8.34. The molecule has 0 spiro atoms. The van der Waals surface area contributed by atoms with Gasteiger partial charge in [0, 0.05) is 11.8 Å². The molecule has 6 N–H and O–H groups in total. The molecule has 0 saturated carbocycles. The smallest absolute Gasteiger partial charge is 0.215 e. The van der Waals surface area contributed by atoms with E-state index < -0.39 is 43.2 Å². The van der Waals surface area contributed by atoms with Crippen LogP contribution in [-0.2, 0) is 9.53 Å². The first-order valence-corrected chi connectivity index (χ1v) is 4.96. The molecule has 0 radical (unpaired) electrons. The zero-order chi connectivity index (χ0) is 14.3. The Kier molecular flexibility index (Phi) is 7.39. The maximum Gasteiger partial charge on any atom is 0.215 e. The van der Waals surface area contributed by atoms with Gasteiger partial charge in [0.2, 0.25) is 5.91 Å². The molecule has 1 saturated heterocycles. The van der Waals surface area contributed by atoms with Crippen LogP contribution in [0.5, 0.6) is 0 Å². The predicted octanol–water partition coefficient (Wildman–Crippen LogP) is -2.41. The summed E-state index contributed by atoms with van der Waals surface area (Å²) < 4.78 is 4.70. The van der Waals surface area contributed by atoms with Crippen LogP contribution in [0, 0.1) is 0 Å². The lowest BCUT2D eigenvalue weighted by molar-refractivity contribution is -0.248. The maximum atomic E-state index is 9.62. The number of nitrogens with zero attached hydrogens (tertiary/aromatic N) is 3. The molecule has 18 heavy (non-hydrogen) atoms. The Labute approximate surface area is 102 Å². The second kappa shape index (κ2) is 7.95. The maximum absolute atomic E-state index is 9.62. The topological polar surface area (TPSA) is 182 Å². The zero-order valence-electron chi connectivity index (χ0n) is 9.62. The molecule has 0 aromatic rings. The van der Waals surface area contributed by atoms with E-state index in [0.717, 1.165) is 0 Å². The lowest BCUT2D eigenvalue weighted by Gasteiger charge is -2.38. The fourth-order valence-electron chi connectivity index (χ4n) is 1.18. The van der Waals surface area contributed by atoms with E-state index in [4.69, 9.17) is 26.2 Å². The Bertz CT molecular complexity index is 316. The fourth-order valence-corrected chi connectivity index (χ4v) is 1.18. The number of hydrogen-bond donors (Lipinski definition) is 5. The fraction of sp³-hybridized carbons (Fsp3) is 0.875. The van der Waals surface area contributed by atoms with Crippen LogP contribution in [0.2, 0.25) is 0 Å². The van der Waals surface area contributed by atoms with Gasteiger partial charge in [0.15, 0.2) is 6.29 Å². The van der Waals surface area contributed by atoms with Gasteiger partial charge in [0.1, 0.15) is 18.3 Å². The lowest BCUT2D eigenvalue weighted by Crippen LogP contribution is -2.61. The normalized spacial score (nSPS) is 34.9. The van der Waals surface area contributed by atoms with E-state index in [1.165, 1.54) is 6.92 Å². The second-order valence-electron chi connectivity index (χ2n) is 3.51. The van der Waals surface area contributed by atoms with Crippen LogP contribution >= 0.6 is 0 Å². The van der Waals surface area contributed by atoms with Gasteiger partial charge < -0.3 is 30.9 Å². The summed E-state index contributed by atoms with van der Waals surface area (Å²) in [5.41, 5.74) is 12.7. The van der Waals surface area contributed by atoms with E-state index in [1.54, 1.807) is 0 Å². The van der Waals surface area contributed by atoms with Crippen molar-refractivity contribution in [3.8, 4) is 0 Å². The monoisotopic (exact) mass is 264 g/mol. The van der Waals surface area contributed by atoms with E-state index in [2.05, 4.69) is 10.0 Å². The number of hydrogen-bond acceptors (Lipinski definition) is 7. The van der Waals surface area contributed by atoms with Gasteiger partial charge in [-0.1, -0.05) is 0 Å². The van der Waals surface area contributed by atoms with Crippen molar-refractivity contribution in [1.29, 1.82) is 0 Å². The zero-order valence-corrected chi connectivity index (χ0v) is 9.62. The van der Waals surface area contributed by atoms with Gasteiger partial charge >= 0.3 is 0 Å². The van der Waals surface area contributed by atoms with Gasteiger partial charge in [-0.2, -0.15) is 0 Å². The Morgan fingerprint density at radius 2 is 2.00 bits per heavy atom. The molecule has 1 aliphatic rings. The molecule has 5 atom stereocenters. The third-order valence-corrected chi connectivity index (χ3v) is 2.13. The number of rotatable bonds is 1. The molecule has 104 valence electrons. The summed E-state index contributed by atoms with van der Waals surface area (Å²) in [6.45, 7) is 0.724. The third kappa shape index (κ3) is 4.94. The molecule has 1 fully saturated rings. The van der Waals surface area contributed by atoms with E-state index in [1.807, 2.05) is 0 Å². The van der Waals surface area contributed by atoms with E-state index >= 15 is 0 Å². The minimum atomic E-state index is -1.35. The van der Waals surface area contributed by atoms with Gasteiger partial charge in [-0.25, -0.2) is 0 Å². The van der Waals surface area contributed by atoms with Crippen molar-refractivity contribution in [2.45, 2.75) is 37.6 Å². The van der Waals surface area contributed by atoms with Gasteiger partial charge in [-0.3, -0.25) is 4.79 Å². The highest BCUT2D eigenvalue weighted by atomic mass is 16.6. The number of carbonyl (C=O) groups excluding carboxylic acids is 1. The summed E-state index contributed by atoms with van der Waals surface area (Å²) in [5, 5.41) is 38.7. The van der Waals surface area contributed by atoms with Crippen LogP contribution in [0.15, 0.2) is 5.11 Å². The van der Waals surface area contributed by atoms with E-state index in [0.29, 0.717) is 0 Å². The number of ether oxygens (including phenoxy) is 1. The van der Waals surface area contributed by atoms with Crippen LogP contribution in [0.1, 0.15) is 6.92 Å². The number of aliphatic hydroxyl groups excluding tert-OH is 4. The molecule has 0 aliphatic carbocycles. The van der Waals surface area contributed by atoms with Crippen molar-refractivity contribution in [3.63, 3.8) is 0 Å². The molecule has 10 heteroatoms. The first kappa shape index (κ1) is 16.7. The molecular weight excluding hydrogens is 248 g/mol. The molecule has 1 rings (SSSR count). The van der Waals surface area contributed by atoms with Crippen molar-refractivity contribution in [2.24, 2.45) is 10.8 Å². The lowest BCUT2D eigenvalue weighted by atomic mass is 9.98. The van der Waals surface area contributed by atoms with E-state index in [9.17, 15) is 15.0 Å². The average molecular weight is 264 g/mol.